The van der Waals surface area contributed by atoms with E-state index in [-0.39, 0.29) is 16.5 Å². The normalized spacial score (nSPS) is 15.9. The van der Waals surface area contributed by atoms with Crippen LogP contribution in [0.25, 0.3) is 0 Å². The zero-order valence-corrected chi connectivity index (χ0v) is 16.4. The van der Waals surface area contributed by atoms with Gasteiger partial charge in [-0.25, -0.2) is 13.1 Å². The van der Waals surface area contributed by atoms with Crippen LogP contribution in [-0.4, -0.2) is 39.6 Å². The summed E-state index contributed by atoms with van der Waals surface area (Å²) >= 11 is 11.7. The SMILES string of the molecule is O=S(=O)(NCc1ccc(CN2CCOCC2)cc1)c1ccc(Cl)c(Cl)c1. The Hall–Kier alpha value is -1.15. The molecule has 1 heterocycles. The van der Waals surface area contributed by atoms with Gasteiger partial charge in [0.2, 0.25) is 10.0 Å². The highest BCUT2D eigenvalue weighted by molar-refractivity contribution is 7.89. The third-order valence-electron chi connectivity index (χ3n) is 4.20. The molecule has 0 saturated carbocycles. The molecule has 2 aromatic carbocycles. The Morgan fingerprint density at radius 1 is 0.962 bits per heavy atom. The van der Waals surface area contributed by atoms with Crippen LogP contribution in [0.1, 0.15) is 11.1 Å². The number of benzene rings is 2. The van der Waals surface area contributed by atoms with Gasteiger partial charge in [-0.1, -0.05) is 47.5 Å². The third-order valence-corrected chi connectivity index (χ3v) is 6.34. The average Bonchev–Trinajstić information content (AvgIpc) is 2.64. The molecule has 1 N–H and O–H groups in total. The smallest absolute Gasteiger partial charge is 0.240 e. The number of morpholine rings is 1. The minimum Gasteiger partial charge on any atom is -0.379 e. The topological polar surface area (TPSA) is 58.6 Å². The third kappa shape index (κ3) is 5.19. The van der Waals surface area contributed by atoms with Crippen molar-refractivity contribution in [1.82, 2.24) is 9.62 Å². The Kier molecular flexibility index (Phi) is 6.55. The van der Waals surface area contributed by atoms with Gasteiger partial charge in [-0.3, -0.25) is 4.90 Å². The molecule has 26 heavy (non-hydrogen) atoms. The highest BCUT2D eigenvalue weighted by Crippen LogP contribution is 2.24. The average molecular weight is 415 g/mol. The molecule has 0 aliphatic carbocycles. The van der Waals surface area contributed by atoms with Crippen LogP contribution in [0.3, 0.4) is 0 Å². The van der Waals surface area contributed by atoms with Crippen molar-refractivity contribution >= 4 is 33.2 Å². The van der Waals surface area contributed by atoms with Crippen LogP contribution in [0.2, 0.25) is 10.0 Å². The number of halogens is 2. The number of hydrogen-bond donors (Lipinski definition) is 1. The molecule has 1 fully saturated rings. The molecule has 0 unspecified atom stereocenters. The van der Waals surface area contributed by atoms with Crippen LogP contribution in [0, 0.1) is 0 Å². The Morgan fingerprint density at radius 3 is 2.27 bits per heavy atom. The molecule has 3 rings (SSSR count). The molecular formula is C18H20Cl2N2O3S. The Balaban J connectivity index is 1.59. The summed E-state index contributed by atoms with van der Waals surface area (Å²) in [6.07, 6.45) is 0. The van der Waals surface area contributed by atoms with Gasteiger partial charge in [-0.15, -0.1) is 0 Å². The number of sulfonamides is 1. The summed E-state index contributed by atoms with van der Waals surface area (Å²) in [5.41, 5.74) is 2.09. The van der Waals surface area contributed by atoms with Crippen molar-refractivity contribution in [2.75, 3.05) is 26.3 Å². The minimum absolute atomic E-state index is 0.0934. The summed E-state index contributed by atoms with van der Waals surface area (Å²) in [5, 5.41) is 0.531. The van der Waals surface area contributed by atoms with Crippen molar-refractivity contribution in [1.29, 1.82) is 0 Å². The first-order chi connectivity index (χ1) is 12.4. The maximum absolute atomic E-state index is 12.4. The van der Waals surface area contributed by atoms with Crippen molar-refractivity contribution in [2.24, 2.45) is 0 Å². The van der Waals surface area contributed by atoms with Gasteiger partial charge < -0.3 is 4.74 Å². The molecule has 0 spiro atoms. The molecule has 0 aromatic heterocycles. The Morgan fingerprint density at radius 2 is 1.62 bits per heavy atom. The first kappa shape index (κ1) is 19.6. The van der Waals surface area contributed by atoms with Gasteiger partial charge >= 0.3 is 0 Å². The van der Waals surface area contributed by atoms with Crippen LogP contribution >= 0.6 is 23.2 Å². The van der Waals surface area contributed by atoms with Crippen molar-refractivity contribution in [3.63, 3.8) is 0 Å². The van der Waals surface area contributed by atoms with E-state index in [0.29, 0.717) is 5.02 Å². The molecule has 5 nitrogen and oxygen atoms in total. The zero-order valence-electron chi connectivity index (χ0n) is 14.1. The lowest BCUT2D eigenvalue weighted by molar-refractivity contribution is 0.0342. The molecule has 0 bridgehead atoms. The monoisotopic (exact) mass is 414 g/mol. The van der Waals surface area contributed by atoms with Crippen molar-refractivity contribution in [3.8, 4) is 0 Å². The second-order valence-electron chi connectivity index (χ2n) is 6.11. The summed E-state index contributed by atoms with van der Waals surface area (Å²) in [6, 6.07) is 12.2. The standard InChI is InChI=1S/C18H20Cl2N2O3S/c19-17-6-5-16(11-18(17)20)26(23,24)21-12-14-1-3-15(4-2-14)13-22-7-9-25-10-8-22/h1-6,11,21H,7-10,12-13H2. The van der Waals surface area contributed by atoms with Gasteiger partial charge in [0.05, 0.1) is 28.2 Å². The molecule has 0 amide bonds. The van der Waals surface area contributed by atoms with E-state index in [0.717, 1.165) is 38.4 Å². The first-order valence-electron chi connectivity index (χ1n) is 8.27. The molecule has 1 aliphatic rings. The summed E-state index contributed by atoms with van der Waals surface area (Å²) < 4.78 is 32.7. The van der Waals surface area contributed by atoms with E-state index < -0.39 is 10.0 Å². The van der Waals surface area contributed by atoms with Gasteiger partial charge in [0.25, 0.3) is 0 Å². The number of hydrogen-bond acceptors (Lipinski definition) is 4. The lowest BCUT2D eigenvalue weighted by Gasteiger charge is -2.26. The summed E-state index contributed by atoms with van der Waals surface area (Å²) in [7, 11) is -3.65. The van der Waals surface area contributed by atoms with Crippen molar-refractivity contribution in [3.05, 3.63) is 63.6 Å². The highest BCUT2D eigenvalue weighted by Gasteiger charge is 2.15. The van der Waals surface area contributed by atoms with E-state index in [1.165, 1.54) is 23.8 Å². The molecule has 8 heteroatoms. The Labute approximate surface area is 163 Å². The van der Waals surface area contributed by atoms with Gasteiger partial charge in [0.15, 0.2) is 0 Å². The quantitative estimate of drug-likeness (QED) is 0.787. The highest BCUT2D eigenvalue weighted by atomic mass is 35.5. The maximum atomic E-state index is 12.4. The molecule has 1 aliphatic heterocycles. The largest absolute Gasteiger partial charge is 0.379 e. The number of ether oxygens (including phenoxy) is 1. The van der Waals surface area contributed by atoms with Gasteiger partial charge in [-0.05, 0) is 29.3 Å². The van der Waals surface area contributed by atoms with Gasteiger partial charge in [0.1, 0.15) is 0 Å². The number of nitrogens with one attached hydrogen (secondary N) is 1. The maximum Gasteiger partial charge on any atom is 0.240 e. The van der Waals surface area contributed by atoms with Crippen LogP contribution in [0.4, 0.5) is 0 Å². The lowest BCUT2D eigenvalue weighted by Crippen LogP contribution is -2.35. The first-order valence-corrected chi connectivity index (χ1v) is 10.5. The van der Waals surface area contributed by atoms with Gasteiger partial charge in [-0.2, -0.15) is 0 Å². The summed E-state index contributed by atoms with van der Waals surface area (Å²) in [4.78, 5) is 2.43. The van der Waals surface area contributed by atoms with Crippen molar-refractivity contribution < 1.29 is 13.2 Å². The molecule has 2 aromatic rings. The molecular weight excluding hydrogens is 395 g/mol. The van der Waals surface area contributed by atoms with E-state index in [9.17, 15) is 8.42 Å². The van der Waals surface area contributed by atoms with Gasteiger partial charge in [0, 0.05) is 26.2 Å². The predicted octanol–water partition coefficient (Wildman–Crippen LogP) is 3.30. The molecule has 1 saturated heterocycles. The van der Waals surface area contributed by atoms with E-state index in [2.05, 4.69) is 9.62 Å². The fourth-order valence-electron chi connectivity index (χ4n) is 2.69. The number of rotatable bonds is 6. The minimum atomic E-state index is -3.65. The predicted molar refractivity (Wildman–Crippen MR) is 103 cm³/mol. The van der Waals surface area contributed by atoms with Crippen LogP contribution in [-0.2, 0) is 27.8 Å². The molecule has 0 atom stereocenters. The Bertz CT molecular complexity index is 851. The lowest BCUT2D eigenvalue weighted by atomic mass is 10.1. The van der Waals surface area contributed by atoms with E-state index >= 15 is 0 Å². The van der Waals surface area contributed by atoms with Crippen molar-refractivity contribution in [2.45, 2.75) is 18.0 Å². The van der Waals surface area contributed by atoms with Crippen LogP contribution in [0.15, 0.2) is 47.4 Å². The number of nitrogens with zero attached hydrogens (tertiary/aromatic N) is 1. The second-order valence-corrected chi connectivity index (χ2v) is 8.69. The molecule has 140 valence electrons. The van der Waals surface area contributed by atoms with E-state index in [1.807, 2.05) is 24.3 Å². The fraction of sp³-hybridized carbons (Fsp3) is 0.333. The summed E-state index contributed by atoms with van der Waals surface area (Å²) in [6.45, 7) is 4.50. The molecule has 0 radical (unpaired) electrons. The van der Waals surface area contributed by atoms with E-state index in [4.69, 9.17) is 27.9 Å². The van der Waals surface area contributed by atoms with E-state index in [1.54, 1.807) is 0 Å². The van der Waals surface area contributed by atoms with Crippen LogP contribution < -0.4 is 4.72 Å². The van der Waals surface area contributed by atoms with Crippen LogP contribution in [0.5, 0.6) is 0 Å². The zero-order chi connectivity index (χ0) is 18.6. The summed E-state index contributed by atoms with van der Waals surface area (Å²) in [5.74, 6) is 0. The fourth-order valence-corrected chi connectivity index (χ4v) is 4.09. The second kappa shape index (κ2) is 8.69.